The average Bonchev–Trinajstić information content (AvgIpc) is 2.75. The highest BCUT2D eigenvalue weighted by molar-refractivity contribution is 5.79. The predicted octanol–water partition coefficient (Wildman–Crippen LogP) is 3.17. The van der Waals surface area contributed by atoms with E-state index >= 15 is 0 Å². The Bertz CT molecular complexity index is 881. The van der Waals surface area contributed by atoms with E-state index in [-0.39, 0.29) is 0 Å². The number of aliphatic imine (C=N–C) groups is 1. The molecule has 29 heavy (non-hydrogen) atoms. The quantitative estimate of drug-likeness (QED) is 0.601. The summed E-state index contributed by atoms with van der Waals surface area (Å²) in [4.78, 5) is 6.53. The molecular weight excluding hydrogens is 372 g/mol. The summed E-state index contributed by atoms with van der Waals surface area (Å²) in [6.45, 7) is 3.00. The van der Waals surface area contributed by atoms with Crippen molar-refractivity contribution in [2.45, 2.75) is 32.0 Å². The summed E-state index contributed by atoms with van der Waals surface area (Å²) in [5.41, 5.74) is 2.51. The van der Waals surface area contributed by atoms with Gasteiger partial charge in [0.15, 0.2) is 17.6 Å². The van der Waals surface area contributed by atoms with Crippen molar-refractivity contribution in [1.82, 2.24) is 15.5 Å². The number of nitrogens with one attached hydrogen (secondary N) is 2. The Morgan fingerprint density at radius 2 is 1.79 bits per heavy atom. The Balaban J connectivity index is 1.43. The summed E-state index contributed by atoms with van der Waals surface area (Å²) in [5, 5.41) is 15.6. The minimum absolute atomic E-state index is 0.309. The van der Waals surface area contributed by atoms with Crippen LogP contribution in [0.5, 0.6) is 0 Å². The zero-order valence-electron chi connectivity index (χ0n) is 16.5. The van der Waals surface area contributed by atoms with Gasteiger partial charge in [-0.1, -0.05) is 18.2 Å². The number of halogens is 2. The predicted molar refractivity (Wildman–Crippen MR) is 109 cm³/mol. The van der Waals surface area contributed by atoms with E-state index in [9.17, 15) is 8.78 Å². The van der Waals surface area contributed by atoms with Crippen molar-refractivity contribution >= 4 is 5.96 Å². The Morgan fingerprint density at radius 3 is 2.41 bits per heavy atom. The SMILES string of the molecule is CN=C(NCc1ccc(C#N)cc1)NC1CCN(Cc2ccc(F)c(F)c2)CC1. The summed E-state index contributed by atoms with van der Waals surface area (Å²) in [5.74, 6) is -0.860. The Morgan fingerprint density at radius 1 is 1.10 bits per heavy atom. The van der Waals surface area contributed by atoms with Crippen LogP contribution in [0.2, 0.25) is 0 Å². The molecule has 1 saturated heterocycles. The van der Waals surface area contributed by atoms with Gasteiger partial charge in [0.1, 0.15) is 0 Å². The molecule has 152 valence electrons. The Hall–Kier alpha value is -2.98. The highest BCUT2D eigenvalue weighted by atomic mass is 19.2. The third kappa shape index (κ3) is 6.00. The van der Waals surface area contributed by atoms with Crippen molar-refractivity contribution in [1.29, 1.82) is 5.26 Å². The largest absolute Gasteiger partial charge is 0.354 e. The van der Waals surface area contributed by atoms with E-state index in [0.29, 0.717) is 24.7 Å². The lowest BCUT2D eigenvalue weighted by molar-refractivity contribution is 0.198. The normalized spacial score (nSPS) is 15.7. The molecule has 2 aromatic rings. The molecule has 2 aromatic carbocycles. The molecule has 0 radical (unpaired) electrons. The molecule has 2 N–H and O–H groups in total. The van der Waals surface area contributed by atoms with E-state index in [1.807, 2.05) is 12.1 Å². The number of rotatable bonds is 5. The smallest absolute Gasteiger partial charge is 0.191 e. The van der Waals surface area contributed by atoms with Gasteiger partial charge in [-0.3, -0.25) is 9.89 Å². The molecule has 1 aliphatic rings. The Kier molecular flexibility index (Phi) is 7.14. The number of nitriles is 1. The highest BCUT2D eigenvalue weighted by Crippen LogP contribution is 2.16. The fourth-order valence-corrected chi connectivity index (χ4v) is 3.40. The van der Waals surface area contributed by atoms with Crippen LogP contribution in [0, 0.1) is 23.0 Å². The molecule has 0 atom stereocenters. The van der Waals surface area contributed by atoms with Crippen LogP contribution >= 0.6 is 0 Å². The highest BCUT2D eigenvalue weighted by Gasteiger charge is 2.20. The third-order valence-electron chi connectivity index (χ3n) is 5.09. The van der Waals surface area contributed by atoms with Crippen molar-refractivity contribution in [3.63, 3.8) is 0 Å². The zero-order valence-corrected chi connectivity index (χ0v) is 16.5. The van der Waals surface area contributed by atoms with Gasteiger partial charge in [0, 0.05) is 39.3 Å². The number of benzene rings is 2. The van der Waals surface area contributed by atoms with Gasteiger partial charge in [-0.25, -0.2) is 8.78 Å². The van der Waals surface area contributed by atoms with Crippen LogP contribution in [0.1, 0.15) is 29.5 Å². The summed E-state index contributed by atoms with van der Waals surface area (Å²) < 4.78 is 26.4. The molecule has 0 spiro atoms. The molecular formula is C22H25F2N5. The molecule has 0 aromatic heterocycles. The van der Waals surface area contributed by atoms with E-state index in [0.717, 1.165) is 43.0 Å². The molecule has 0 bridgehead atoms. The van der Waals surface area contributed by atoms with Gasteiger partial charge in [0.05, 0.1) is 11.6 Å². The first kappa shape index (κ1) is 20.7. The number of hydrogen-bond acceptors (Lipinski definition) is 3. The van der Waals surface area contributed by atoms with Crippen molar-refractivity contribution in [2.75, 3.05) is 20.1 Å². The van der Waals surface area contributed by atoms with Gasteiger partial charge >= 0.3 is 0 Å². The molecule has 0 aliphatic carbocycles. The lowest BCUT2D eigenvalue weighted by Gasteiger charge is -2.33. The number of likely N-dealkylation sites (tertiary alicyclic amines) is 1. The second-order valence-corrected chi connectivity index (χ2v) is 7.18. The van der Waals surface area contributed by atoms with Crippen LogP contribution in [0.3, 0.4) is 0 Å². The average molecular weight is 397 g/mol. The van der Waals surface area contributed by atoms with Gasteiger partial charge in [-0.05, 0) is 48.2 Å². The maximum Gasteiger partial charge on any atom is 0.191 e. The van der Waals surface area contributed by atoms with E-state index in [1.165, 1.54) is 12.1 Å². The standard InChI is InChI=1S/C22H25F2N5/c1-26-22(27-14-17-4-2-16(13-25)3-5-17)28-19-8-10-29(11-9-19)15-18-6-7-20(23)21(24)12-18/h2-7,12,19H,8-11,14-15H2,1H3,(H2,26,27,28). The minimum Gasteiger partial charge on any atom is -0.354 e. The van der Waals surface area contributed by atoms with Crippen LogP contribution in [0.25, 0.3) is 0 Å². The van der Waals surface area contributed by atoms with Gasteiger partial charge in [0.2, 0.25) is 0 Å². The van der Waals surface area contributed by atoms with Crippen molar-refractivity contribution in [3.8, 4) is 6.07 Å². The van der Waals surface area contributed by atoms with Crippen LogP contribution in [-0.4, -0.2) is 37.0 Å². The summed E-state index contributed by atoms with van der Waals surface area (Å²) in [6.07, 6.45) is 1.89. The summed E-state index contributed by atoms with van der Waals surface area (Å²) in [7, 11) is 1.74. The van der Waals surface area contributed by atoms with E-state index in [1.54, 1.807) is 25.2 Å². The molecule has 3 rings (SSSR count). The topological polar surface area (TPSA) is 63.5 Å². The van der Waals surface area contributed by atoms with Gasteiger partial charge in [0.25, 0.3) is 0 Å². The summed E-state index contributed by atoms with van der Waals surface area (Å²) in [6, 6.07) is 14.0. The monoisotopic (exact) mass is 397 g/mol. The fourth-order valence-electron chi connectivity index (χ4n) is 3.40. The molecule has 0 unspecified atom stereocenters. The van der Waals surface area contributed by atoms with Crippen LogP contribution in [0.4, 0.5) is 8.78 Å². The van der Waals surface area contributed by atoms with Crippen molar-refractivity contribution < 1.29 is 8.78 Å². The number of piperidine rings is 1. The molecule has 7 heteroatoms. The lowest BCUT2D eigenvalue weighted by Crippen LogP contribution is -2.48. The van der Waals surface area contributed by atoms with E-state index in [2.05, 4.69) is 26.6 Å². The van der Waals surface area contributed by atoms with E-state index in [4.69, 9.17) is 5.26 Å². The number of hydrogen-bond donors (Lipinski definition) is 2. The first-order chi connectivity index (χ1) is 14.1. The molecule has 1 fully saturated rings. The number of guanidine groups is 1. The second-order valence-electron chi connectivity index (χ2n) is 7.18. The zero-order chi connectivity index (χ0) is 20.6. The van der Waals surface area contributed by atoms with E-state index < -0.39 is 11.6 Å². The first-order valence-corrected chi connectivity index (χ1v) is 9.70. The van der Waals surface area contributed by atoms with Crippen LogP contribution in [-0.2, 0) is 13.1 Å². The third-order valence-corrected chi connectivity index (χ3v) is 5.09. The van der Waals surface area contributed by atoms with Gasteiger partial charge in [-0.15, -0.1) is 0 Å². The molecule has 0 amide bonds. The van der Waals surface area contributed by atoms with Gasteiger partial charge < -0.3 is 10.6 Å². The molecule has 0 saturated carbocycles. The minimum atomic E-state index is -0.809. The Labute approximate surface area is 170 Å². The van der Waals surface area contributed by atoms with Crippen LogP contribution in [0.15, 0.2) is 47.5 Å². The first-order valence-electron chi connectivity index (χ1n) is 9.70. The number of nitrogens with zero attached hydrogens (tertiary/aromatic N) is 3. The maximum atomic E-state index is 13.4. The summed E-state index contributed by atoms with van der Waals surface area (Å²) >= 11 is 0. The molecule has 1 heterocycles. The lowest BCUT2D eigenvalue weighted by atomic mass is 10.0. The molecule has 5 nitrogen and oxygen atoms in total. The van der Waals surface area contributed by atoms with Crippen molar-refractivity contribution in [2.24, 2.45) is 4.99 Å². The fraction of sp³-hybridized carbons (Fsp3) is 0.364. The second kappa shape index (κ2) is 9.99. The van der Waals surface area contributed by atoms with Crippen molar-refractivity contribution in [3.05, 3.63) is 70.8 Å². The van der Waals surface area contributed by atoms with Gasteiger partial charge in [-0.2, -0.15) is 5.26 Å². The maximum absolute atomic E-state index is 13.4. The van der Waals surface area contributed by atoms with Crippen LogP contribution < -0.4 is 10.6 Å². The molecule has 1 aliphatic heterocycles.